The topological polar surface area (TPSA) is 51.3 Å². The monoisotopic (exact) mass is 259 g/mol. The average molecular weight is 259 g/mol. The molecule has 1 aromatic rings. The third-order valence-electron chi connectivity index (χ3n) is 1.67. The number of alkyl halides is 5. The Hall–Kier alpha value is -1.80. The van der Waals surface area contributed by atoms with Gasteiger partial charge in [0.05, 0.1) is 12.7 Å². The summed E-state index contributed by atoms with van der Waals surface area (Å²) in [6.07, 6.45) is -8.43. The lowest BCUT2D eigenvalue weighted by atomic mass is 10.2. The molecule has 1 heterocycles. The normalized spacial score (nSPS) is 11.7. The summed E-state index contributed by atoms with van der Waals surface area (Å²) in [7, 11) is 1.02. The van der Waals surface area contributed by atoms with Crippen molar-refractivity contribution in [1.29, 1.82) is 0 Å². The van der Waals surface area contributed by atoms with E-state index in [1.54, 1.807) is 0 Å². The van der Waals surface area contributed by atoms with E-state index in [4.69, 9.17) is 0 Å². The van der Waals surface area contributed by atoms with Crippen molar-refractivity contribution in [3.8, 4) is 11.6 Å². The standard InChI is InChI=1S/C8H6F5NO3/c1-16-4-2-3(5(9)10)7(14-6(4)15)17-8(11,12)13/h2,5H,1H3,(H,14,15). The Balaban J connectivity index is 3.28. The first-order valence-electron chi connectivity index (χ1n) is 4.09. The highest BCUT2D eigenvalue weighted by atomic mass is 19.4. The molecule has 4 nitrogen and oxygen atoms in total. The molecule has 0 aliphatic carbocycles. The van der Waals surface area contributed by atoms with Crippen molar-refractivity contribution in [2.45, 2.75) is 12.8 Å². The summed E-state index contributed by atoms with van der Waals surface area (Å²) in [5, 5.41) is 0. The van der Waals surface area contributed by atoms with Crippen LogP contribution in [0, 0.1) is 0 Å². The zero-order valence-electron chi connectivity index (χ0n) is 8.27. The lowest BCUT2D eigenvalue weighted by Crippen LogP contribution is -2.22. The molecule has 0 atom stereocenters. The van der Waals surface area contributed by atoms with Crippen molar-refractivity contribution in [2.75, 3.05) is 7.11 Å². The third-order valence-corrected chi connectivity index (χ3v) is 1.67. The van der Waals surface area contributed by atoms with Gasteiger partial charge in [-0.05, 0) is 0 Å². The van der Waals surface area contributed by atoms with Gasteiger partial charge in [-0.1, -0.05) is 0 Å². The SMILES string of the molecule is COc1cc(C(F)F)c(OC(F)(F)F)[nH]c1=O. The number of rotatable bonds is 3. The summed E-state index contributed by atoms with van der Waals surface area (Å²) in [6, 6.07) is 0.491. The summed E-state index contributed by atoms with van der Waals surface area (Å²) in [5.41, 5.74) is -2.21. The van der Waals surface area contributed by atoms with Crippen LogP contribution in [0.25, 0.3) is 0 Å². The highest BCUT2D eigenvalue weighted by Crippen LogP contribution is 2.31. The van der Waals surface area contributed by atoms with E-state index in [9.17, 15) is 26.7 Å². The van der Waals surface area contributed by atoms with Crippen LogP contribution in [0.2, 0.25) is 0 Å². The van der Waals surface area contributed by atoms with Crippen LogP contribution in [0.4, 0.5) is 22.0 Å². The molecule has 9 heteroatoms. The Bertz CT molecular complexity index is 453. The minimum absolute atomic E-state index is 0.491. The molecule has 1 aromatic heterocycles. The first-order valence-corrected chi connectivity index (χ1v) is 4.09. The van der Waals surface area contributed by atoms with Crippen LogP contribution >= 0.6 is 0 Å². The molecule has 17 heavy (non-hydrogen) atoms. The highest BCUT2D eigenvalue weighted by Gasteiger charge is 2.34. The first kappa shape index (κ1) is 13.3. The van der Waals surface area contributed by atoms with Crippen molar-refractivity contribution in [3.63, 3.8) is 0 Å². The summed E-state index contributed by atoms with van der Waals surface area (Å²) < 4.78 is 68.2. The van der Waals surface area contributed by atoms with Crippen LogP contribution in [0.15, 0.2) is 10.9 Å². The molecule has 0 spiro atoms. The molecular weight excluding hydrogens is 253 g/mol. The third kappa shape index (κ3) is 3.33. The summed E-state index contributed by atoms with van der Waals surface area (Å²) >= 11 is 0. The maximum absolute atomic E-state index is 12.4. The summed E-state index contributed by atoms with van der Waals surface area (Å²) in [4.78, 5) is 12.6. The van der Waals surface area contributed by atoms with Crippen molar-refractivity contribution < 1.29 is 31.4 Å². The van der Waals surface area contributed by atoms with Gasteiger partial charge in [-0.3, -0.25) is 9.78 Å². The predicted molar refractivity (Wildman–Crippen MR) is 45.3 cm³/mol. The first-order chi connectivity index (χ1) is 7.74. The molecule has 0 amide bonds. The van der Waals surface area contributed by atoms with Crippen molar-refractivity contribution >= 4 is 0 Å². The molecule has 96 valence electrons. The Morgan fingerprint density at radius 2 is 1.94 bits per heavy atom. The van der Waals surface area contributed by atoms with Crippen LogP contribution in [-0.2, 0) is 0 Å². The molecule has 0 aliphatic heterocycles. The number of aromatic amines is 1. The van der Waals surface area contributed by atoms with Gasteiger partial charge in [0.1, 0.15) is 0 Å². The van der Waals surface area contributed by atoms with Crippen molar-refractivity contribution in [3.05, 3.63) is 22.0 Å². The molecule has 0 aromatic carbocycles. The van der Waals surface area contributed by atoms with Crippen molar-refractivity contribution in [1.82, 2.24) is 4.98 Å². The second-order valence-electron chi connectivity index (χ2n) is 2.80. The smallest absolute Gasteiger partial charge is 0.491 e. The molecule has 0 fully saturated rings. The van der Waals surface area contributed by atoms with E-state index in [0.717, 1.165) is 7.11 Å². The van der Waals surface area contributed by atoms with Gasteiger partial charge in [-0.2, -0.15) is 0 Å². The maximum atomic E-state index is 12.4. The number of aromatic nitrogens is 1. The number of pyridine rings is 1. The lowest BCUT2D eigenvalue weighted by Gasteiger charge is -2.12. The van der Waals surface area contributed by atoms with E-state index < -0.39 is 35.5 Å². The average Bonchev–Trinajstić information content (AvgIpc) is 2.14. The second-order valence-corrected chi connectivity index (χ2v) is 2.80. The van der Waals surface area contributed by atoms with Gasteiger partial charge in [0, 0.05) is 6.07 Å². The minimum Gasteiger partial charge on any atom is -0.491 e. The van der Waals surface area contributed by atoms with Gasteiger partial charge in [0.25, 0.3) is 12.0 Å². The molecule has 0 unspecified atom stereocenters. The number of hydrogen-bond acceptors (Lipinski definition) is 3. The fourth-order valence-electron chi connectivity index (χ4n) is 1.02. The molecule has 0 saturated heterocycles. The maximum Gasteiger partial charge on any atom is 0.574 e. The Morgan fingerprint density at radius 1 is 1.35 bits per heavy atom. The van der Waals surface area contributed by atoms with Crippen LogP contribution in [0.5, 0.6) is 11.6 Å². The number of halogens is 5. The van der Waals surface area contributed by atoms with E-state index in [-0.39, 0.29) is 0 Å². The number of ether oxygens (including phenoxy) is 2. The molecule has 0 bridgehead atoms. The minimum atomic E-state index is -5.18. The number of hydrogen-bond donors (Lipinski definition) is 1. The van der Waals surface area contributed by atoms with Gasteiger partial charge in [0.2, 0.25) is 5.88 Å². The van der Waals surface area contributed by atoms with Crippen LogP contribution in [-0.4, -0.2) is 18.5 Å². The highest BCUT2D eigenvalue weighted by molar-refractivity contribution is 5.34. The Kier molecular flexibility index (Phi) is 3.59. The molecule has 1 rings (SSSR count). The fraction of sp³-hybridized carbons (Fsp3) is 0.375. The van der Waals surface area contributed by atoms with Gasteiger partial charge in [-0.15, -0.1) is 13.2 Å². The van der Waals surface area contributed by atoms with E-state index in [1.165, 1.54) is 4.98 Å². The molecule has 1 N–H and O–H groups in total. The Labute approximate surface area is 91.0 Å². The fourth-order valence-corrected chi connectivity index (χ4v) is 1.02. The summed E-state index contributed by atoms with van der Waals surface area (Å²) in [5.74, 6) is -1.88. The van der Waals surface area contributed by atoms with E-state index >= 15 is 0 Å². The van der Waals surface area contributed by atoms with Gasteiger partial charge < -0.3 is 9.47 Å². The van der Waals surface area contributed by atoms with Crippen LogP contribution in [0.3, 0.4) is 0 Å². The van der Waals surface area contributed by atoms with Gasteiger partial charge >= 0.3 is 6.36 Å². The Morgan fingerprint density at radius 3 is 2.35 bits per heavy atom. The summed E-state index contributed by atoms with van der Waals surface area (Å²) in [6.45, 7) is 0. The van der Waals surface area contributed by atoms with Gasteiger partial charge in [0.15, 0.2) is 5.75 Å². The molecular formula is C8H6F5NO3. The van der Waals surface area contributed by atoms with Gasteiger partial charge in [-0.25, -0.2) is 8.78 Å². The zero-order valence-corrected chi connectivity index (χ0v) is 8.27. The van der Waals surface area contributed by atoms with Crippen LogP contribution < -0.4 is 15.0 Å². The van der Waals surface area contributed by atoms with Crippen LogP contribution in [0.1, 0.15) is 12.0 Å². The largest absolute Gasteiger partial charge is 0.574 e. The molecule has 0 aliphatic rings. The van der Waals surface area contributed by atoms with E-state index in [1.807, 2.05) is 0 Å². The van der Waals surface area contributed by atoms with E-state index in [0.29, 0.717) is 6.07 Å². The second kappa shape index (κ2) is 4.60. The van der Waals surface area contributed by atoms with Crippen molar-refractivity contribution in [2.24, 2.45) is 0 Å². The zero-order chi connectivity index (χ0) is 13.2. The predicted octanol–water partition coefficient (Wildman–Crippen LogP) is 2.22. The molecule has 0 radical (unpaired) electrons. The molecule has 0 saturated carbocycles. The number of H-pyrrole nitrogens is 1. The lowest BCUT2D eigenvalue weighted by molar-refractivity contribution is -0.276. The quantitative estimate of drug-likeness (QED) is 0.847. The van der Waals surface area contributed by atoms with E-state index in [2.05, 4.69) is 9.47 Å². The number of methoxy groups -OCH3 is 1. The number of nitrogens with one attached hydrogen (secondary N) is 1.